The number of nitrogens with one attached hydrogen (secondary N) is 1. The maximum absolute atomic E-state index is 5.66. The molecule has 2 atom stereocenters. The summed E-state index contributed by atoms with van der Waals surface area (Å²) in [6.45, 7) is 6.69. The minimum Gasteiger partial charge on any atom is -0.406 e. The number of hydrogen-bond acceptors (Lipinski definition) is 6. The molecule has 1 aromatic heterocycles. The van der Waals surface area contributed by atoms with E-state index in [1.54, 1.807) is 7.11 Å². The highest BCUT2D eigenvalue weighted by atomic mass is 16.5. The third-order valence-electron chi connectivity index (χ3n) is 3.06. The number of nitrogens with zero attached hydrogens (tertiary/aromatic N) is 3. The molecule has 1 N–H and O–H groups in total. The SMILES string of the molecule is CCNC(C)c1nnc(N2CCC(OC)C2)o1. The number of aromatic nitrogens is 2. The predicted octanol–water partition coefficient (Wildman–Crippen LogP) is 0.965. The Morgan fingerprint density at radius 3 is 3.06 bits per heavy atom. The largest absolute Gasteiger partial charge is 0.406 e. The van der Waals surface area contributed by atoms with Gasteiger partial charge in [0.2, 0.25) is 5.89 Å². The van der Waals surface area contributed by atoms with Gasteiger partial charge in [-0.3, -0.25) is 0 Å². The molecule has 2 heterocycles. The van der Waals surface area contributed by atoms with Gasteiger partial charge in [0.15, 0.2) is 0 Å². The summed E-state index contributed by atoms with van der Waals surface area (Å²) in [6, 6.07) is 0.700. The van der Waals surface area contributed by atoms with Gasteiger partial charge in [-0.05, 0) is 19.9 Å². The third kappa shape index (κ3) is 2.76. The predicted molar refractivity (Wildman–Crippen MR) is 64.0 cm³/mol. The standard InChI is InChI=1S/C11H20N4O2/c1-4-12-8(2)10-13-14-11(17-10)15-6-5-9(7-15)16-3/h8-9,12H,4-7H2,1-3H3. The molecule has 1 fully saturated rings. The van der Waals surface area contributed by atoms with Crippen molar-refractivity contribution >= 4 is 6.01 Å². The molecule has 1 aromatic rings. The van der Waals surface area contributed by atoms with E-state index in [-0.39, 0.29) is 12.1 Å². The fourth-order valence-corrected chi connectivity index (χ4v) is 2.02. The Morgan fingerprint density at radius 2 is 2.41 bits per heavy atom. The van der Waals surface area contributed by atoms with Crippen LogP contribution in [-0.2, 0) is 4.74 Å². The van der Waals surface area contributed by atoms with E-state index >= 15 is 0 Å². The Morgan fingerprint density at radius 1 is 1.59 bits per heavy atom. The maximum Gasteiger partial charge on any atom is 0.318 e. The highest BCUT2D eigenvalue weighted by Gasteiger charge is 2.26. The lowest BCUT2D eigenvalue weighted by molar-refractivity contribution is 0.120. The Hall–Kier alpha value is -1.14. The van der Waals surface area contributed by atoms with Gasteiger partial charge in [-0.25, -0.2) is 0 Å². The van der Waals surface area contributed by atoms with Crippen molar-refractivity contribution in [2.45, 2.75) is 32.4 Å². The van der Waals surface area contributed by atoms with Crippen LogP contribution in [0.4, 0.5) is 6.01 Å². The molecule has 0 bridgehead atoms. The first-order valence-electron chi connectivity index (χ1n) is 6.09. The molecule has 1 aliphatic heterocycles. The second-order valence-electron chi connectivity index (χ2n) is 4.29. The quantitative estimate of drug-likeness (QED) is 0.827. The maximum atomic E-state index is 5.66. The first-order valence-corrected chi connectivity index (χ1v) is 6.09. The first kappa shape index (κ1) is 12.3. The van der Waals surface area contributed by atoms with Crippen molar-refractivity contribution in [2.75, 3.05) is 31.6 Å². The molecule has 2 unspecified atom stereocenters. The summed E-state index contributed by atoms with van der Waals surface area (Å²) in [5, 5.41) is 11.4. The Balaban J connectivity index is 1.98. The molecule has 0 saturated carbocycles. The fraction of sp³-hybridized carbons (Fsp3) is 0.818. The van der Waals surface area contributed by atoms with E-state index < -0.39 is 0 Å². The monoisotopic (exact) mass is 240 g/mol. The second kappa shape index (κ2) is 5.46. The average molecular weight is 240 g/mol. The van der Waals surface area contributed by atoms with Crippen LogP contribution in [0.15, 0.2) is 4.42 Å². The summed E-state index contributed by atoms with van der Waals surface area (Å²) in [5.74, 6) is 0.641. The molecule has 0 aromatic carbocycles. The van der Waals surface area contributed by atoms with E-state index in [2.05, 4.69) is 27.3 Å². The van der Waals surface area contributed by atoms with Crippen LogP contribution in [0.3, 0.4) is 0 Å². The van der Waals surface area contributed by atoms with E-state index in [1.165, 1.54) is 0 Å². The van der Waals surface area contributed by atoms with E-state index in [0.717, 1.165) is 26.1 Å². The van der Waals surface area contributed by atoms with Crippen LogP contribution in [0.1, 0.15) is 32.2 Å². The molecule has 6 nitrogen and oxygen atoms in total. The fourth-order valence-electron chi connectivity index (χ4n) is 2.02. The molecule has 2 rings (SSSR count). The lowest BCUT2D eigenvalue weighted by Crippen LogP contribution is -2.22. The second-order valence-corrected chi connectivity index (χ2v) is 4.29. The van der Waals surface area contributed by atoms with Crippen molar-refractivity contribution in [3.8, 4) is 0 Å². The minimum absolute atomic E-state index is 0.0991. The smallest absolute Gasteiger partial charge is 0.318 e. The molecule has 96 valence electrons. The van der Waals surface area contributed by atoms with Crippen LogP contribution in [-0.4, -0.2) is 43.0 Å². The molecule has 17 heavy (non-hydrogen) atoms. The Bertz CT molecular complexity index is 355. The van der Waals surface area contributed by atoms with Crippen LogP contribution in [0, 0.1) is 0 Å². The molecule has 0 amide bonds. The lowest BCUT2D eigenvalue weighted by Gasteiger charge is -2.12. The zero-order valence-electron chi connectivity index (χ0n) is 10.6. The summed E-state index contributed by atoms with van der Waals surface area (Å²) in [5.41, 5.74) is 0. The topological polar surface area (TPSA) is 63.4 Å². The van der Waals surface area contributed by atoms with Gasteiger partial charge in [-0.1, -0.05) is 12.0 Å². The van der Waals surface area contributed by atoms with Crippen molar-refractivity contribution in [3.63, 3.8) is 0 Å². The highest BCUT2D eigenvalue weighted by molar-refractivity contribution is 5.27. The highest BCUT2D eigenvalue weighted by Crippen LogP contribution is 2.22. The number of hydrogen-bond donors (Lipinski definition) is 1. The zero-order chi connectivity index (χ0) is 12.3. The number of methoxy groups -OCH3 is 1. The van der Waals surface area contributed by atoms with Gasteiger partial charge < -0.3 is 19.4 Å². The molecule has 0 radical (unpaired) electrons. The summed E-state index contributed by atoms with van der Waals surface area (Å²) in [7, 11) is 1.74. The van der Waals surface area contributed by atoms with Crippen LogP contribution < -0.4 is 10.2 Å². The van der Waals surface area contributed by atoms with Crippen LogP contribution in [0.5, 0.6) is 0 Å². The van der Waals surface area contributed by atoms with Crippen molar-refractivity contribution in [1.29, 1.82) is 0 Å². The van der Waals surface area contributed by atoms with Gasteiger partial charge in [-0.15, -0.1) is 5.10 Å². The van der Waals surface area contributed by atoms with Gasteiger partial charge in [0.05, 0.1) is 12.1 Å². The van der Waals surface area contributed by atoms with Crippen LogP contribution in [0.25, 0.3) is 0 Å². The number of ether oxygens (including phenoxy) is 1. The molecule has 0 spiro atoms. The molecule has 1 saturated heterocycles. The summed E-state index contributed by atoms with van der Waals surface area (Å²) < 4.78 is 11.0. The zero-order valence-corrected chi connectivity index (χ0v) is 10.6. The first-order chi connectivity index (χ1) is 8.24. The summed E-state index contributed by atoms with van der Waals surface area (Å²) in [6.07, 6.45) is 1.29. The van der Waals surface area contributed by atoms with E-state index in [1.807, 2.05) is 6.92 Å². The third-order valence-corrected chi connectivity index (χ3v) is 3.06. The van der Waals surface area contributed by atoms with Gasteiger partial charge >= 0.3 is 6.01 Å². The van der Waals surface area contributed by atoms with Gasteiger partial charge in [0, 0.05) is 20.2 Å². The van der Waals surface area contributed by atoms with Crippen molar-refractivity contribution in [2.24, 2.45) is 0 Å². The van der Waals surface area contributed by atoms with Gasteiger partial charge in [0.25, 0.3) is 0 Å². The molecular weight excluding hydrogens is 220 g/mol. The molecule has 0 aliphatic carbocycles. The molecule has 6 heteroatoms. The molecular formula is C11H20N4O2. The van der Waals surface area contributed by atoms with Crippen molar-refractivity contribution < 1.29 is 9.15 Å². The van der Waals surface area contributed by atoms with Crippen molar-refractivity contribution in [3.05, 3.63) is 5.89 Å². The lowest BCUT2D eigenvalue weighted by atomic mass is 10.3. The Kier molecular flexibility index (Phi) is 3.96. The summed E-state index contributed by atoms with van der Waals surface area (Å²) in [4.78, 5) is 2.07. The normalized spacial score (nSPS) is 22.1. The van der Waals surface area contributed by atoms with E-state index in [9.17, 15) is 0 Å². The summed E-state index contributed by atoms with van der Waals surface area (Å²) >= 11 is 0. The van der Waals surface area contributed by atoms with Crippen LogP contribution in [0.2, 0.25) is 0 Å². The van der Waals surface area contributed by atoms with E-state index in [4.69, 9.17) is 9.15 Å². The number of anilines is 1. The van der Waals surface area contributed by atoms with E-state index in [0.29, 0.717) is 11.9 Å². The molecule has 1 aliphatic rings. The average Bonchev–Trinajstić information content (AvgIpc) is 2.98. The number of rotatable bonds is 5. The minimum atomic E-state index is 0.0991. The van der Waals surface area contributed by atoms with Crippen LogP contribution >= 0.6 is 0 Å². The van der Waals surface area contributed by atoms with Gasteiger partial charge in [-0.2, -0.15) is 0 Å². The van der Waals surface area contributed by atoms with Gasteiger partial charge in [0.1, 0.15) is 0 Å². The Labute approximate surface area is 101 Å². The van der Waals surface area contributed by atoms with Crippen molar-refractivity contribution in [1.82, 2.24) is 15.5 Å².